The molecule has 0 aliphatic rings. The fourth-order valence-corrected chi connectivity index (χ4v) is 2.37. The van der Waals surface area contributed by atoms with Crippen molar-refractivity contribution >= 4 is 33.4 Å². The van der Waals surface area contributed by atoms with Crippen molar-refractivity contribution in [1.29, 1.82) is 0 Å². The fraction of sp³-hybridized carbons (Fsp3) is 0.222. The Kier molecular flexibility index (Phi) is 6.81. The Morgan fingerprint density at radius 2 is 1.88 bits per heavy atom. The number of amides is 2. The molecule has 0 aliphatic heterocycles. The minimum atomic E-state index is -0.348. The number of para-hydroxylation sites is 1. The van der Waals surface area contributed by atoms with Crippen molar-refractivity contribution in [3.63, 3.8) is 0 Å². The maximum absolute atomic E-state index is 11.8. The van der Waals surface area contributed by atoms with Gasteiger partial charge in [0.1, 0.15) is 5.75 Å². The molecular formula is C18H19BrN2O3. The van der Waals surface area contributed by atoms with Crippen LogP contribution in [0.15, 0.2) is 53.0 Å². The summed E-state index contributed by atoms with van der Waals surface area (Å²) in [6.07, 6.45) is 0.901. The molecule has 0 unspecified atom stereocenters. The van der Waals surface area contributed by atoms with Gasteiger partial charge in [-0.2, -0.15) is 0 Å². The minimum Gasteiger partial charge on any atom is -0.484 e. The monoisotopic (exact) mass is 390 g/mol. The van der Waals surface area contributed by atoms with E-state index in [1.807, 2.05) is 36.4 Å². The summed E-state index contributed by atoms with van der Waals surface area (Å²) in [5, 5.41) is 5.24. The number of rotatable bonds is 7. The molecule has 0 aromatic heterocycles. The van der Waals surface area contributed by atoms with E-state index in [-0.39, 0.29) is 25.0 Å². The summed E-state index contributed by atoms with van der Waals surface area (Å²) in [6.45, 7) is 1.81. The number of hydrogen-bond donors (Lipinski definition) is 2. The lowest BCUT2D eigenvalue weighted by molar-refractivity contribution is -0.125. The number of nitrogens with one attached hydrogen (secondary N) is 2. The van der Waals surface area contributed by atoms with Crippen LogP contribution in [0.1, 0.15) is 12.5 Å². The van der Waals surface area contributed by atoms with E-state index in [1.54, 1.807) is 12.1 Å². The lowest BCUT2D eigenvalue weighted by atomic mass is 10.2. The number of hydrogen-bond acceptors (Lipinski definition) is 3. The first-order valence-corrected chi connectivity index (χ1v) is 8.40. The van der Waals surface area contributed by atoms with Gasteiger partial charge in [0, 0.05) is 4.47 Å². The fourth-order valence-electron chi connectivity index (χ4n) is 1.99. The molecule has 2 aromatic carbocycles. The highest BCUT2D eigenvalue weighted by atomic mass is 79.9. The molecule has 126 valence electrons. The van der Waals surface area contributed by atoms with E-state index in [9.17, 15) is 9.59 Å². The molecule has 2 rings (SSSR count). The molecular weight excluding hydrogens is 372 g/mol. The Hall–Kier alpha value is -2.34. The number of ether oxygens (including phenoxy) is 1. The van der Waals surface area contributed by atoms with Crippen LogP contribution in [-0.2, 0) is 16.0 Å². The van der Waals surface area contributed by atoms with E-state index in [2.05, 4.69) is 33.5 Å². The summed E-state index contributed by atoms with van der Waals surface area (Å²) in [5.41, 5.74) is 1.80. The van der Waals surface area contributed by atoms with Gasteiger partial charge >= 0.3 is 0 Å². The molecule has 0 fully saturated rings. The highest BCUT2D eigenvalue weighted by Crippen LogP contribution is 2.20. The Balaban J connectivity index is 1.74. The van der Waals surface area contributed by atoms with E-state index < -0.39 is 0 Å². The van der Waals surface area contributed by atoms with Crippen LogP contribution >= 0.6 is 15.9 Å². The van der Waals surface area contributed by atoms with Crippen LogP contribution in [-0.4, -0.2) is 25.0 Å². The Labute approximate surface area is 149 Å². The Morgan fingerprint density at radius 3 is 2.62 bits per heavy atom. The third-order valence-corrected chi connectivity index (χ3v) is 3.96. The van der Waals surface area contributed by atoms with Gasteiger partial charge in [0.25, 0.3) is 5.91 Å². The topological polar surface area (TPSA) is 67.4 Å². The molecule has 0 saturated carbocycles. The van der Waals surface area contributed by atoms with E-state index >= 15 is 0 Å². The summed E-state index contributed by atoms with van der Waals surface area (Å²) in [7, 11) is 0. The highest BCUT2D eigenvalue weighted by molar-refractivity contribution is 9.10. The number of anilines is 1. The van der Waals surface area contributed by atoms with Crippen LogP contribution in [0, 0.1) is 0 Å². The summed E-state index contributed by atoms with van der Waals surface area (Å²) < 4.78 is 6.21. The lowest BCUT2D eigenvalue weighted by Gasteiger charge is -2.09. The highest BCUT2D eigenvalue weighted by Gasteiger charge is 2.08. The molecule has 2 N–H and O–H groups in total. The third kappa shape index (κ3) is 5.70. The molecule has 0 spiro atoms. The Bertz CT molecular complexity index is 719. The molecule has 2 amide bonds. The van der Waals surface area contributed by atoms with Crippen LogP contribution in [0.25, 0.3) is 0 Å². The first kappa shape index (κ1) is 18.0. The van der Waals surface area contributed by atoms with Gasteiger partial charge in [-0.1, -0.05) is 31.2 Å². The molecule has 24 heavy (non-hydrogen) atoms. The maximum atomic E-state index is 11.8. The molecule has 0 atom stereocenters. The number of carbonyl (C=O) groups excluding carboxylic acids is 2. The number of halogens is 1. The second-order valence-corrected chi connectivity index (χ2v) is 5.95. The van der Waals surface area contributed by atoms with E-state index in [0.717, 1.165) is 16.5 Å². The van der Waals surface area contributed by atoms with Crippen molar-refractivity contribution in [2.24, 2.45) is 0 Å². The number of aryl methyl sites for hydroxylation is 1. The van der Waals surface area contributed by atoms with Gasteiger partial charge in [0.2, 0.25) is 5.91 Å². The molecule has 2 aromatic rings. The van der Waals surface area contributed by atoms with Crippen molar-refractivity contribution in [2.75, 3.05) is 18.5 Å². The Morgan fingerprint density at radius 1 is 1.08 bits per heavy atom. The zero-order valence-electron chi connectivity index (χ0n) is 13.3. The van der Waals surface area contributed by atoms with Gasteiger partial charge < -0.3 is 15.4 Å². The predicted octanol–water partition coefficient (Wildman–Crippen LogP) is 3.15. The van der Waals surface area contributed by atoms with Crippen LogP contribution in [0.2, 0.25) is 0 Å². The standard InChI is InChI=1S/C18H19BrN2O3/c1-2-13-6-5-7-14(10-13)24-12-18(23)20-11-17(22)21-16-9-4-3-8-15(16)19/h3-10H,2,11-12H2,1H3,(H,20,23)(H,21,22). The third-order valence-electron chi connectivity index (χ3n) is 3.27. The van der Waals surface area contributed by atoms with Gasteiger partial charge in [0.15, 0.2) is 6.61 Å². The molecule has 6 heteroatoms. The van der Waals surface area contributed by atoms with Gasteiger partial charge in [-0.3, -0.25) is 9.59 Å². The van der Waals surface area contributed by atoms with E-state index in [0.29, 0.717) is 11.4 Å². The van der Waals surface area contributed by atoms with Crippen molar-refractivity contribution in [1.82, 2.24) is 5.32 Å². The summed E-state index contributed by atoms with van der Waals surface area (Å²) >= 11 is 3.35. The average molecular weight is 391 g/mol. The van der Waals surface area contributed by atoms with Crippen LogP contribution in [0.5, 0.6) is 5.75 Å². The van der Waals surface area contributed by atoms with Crippen molar-refractivity contribution < 1.29 is 14.3 Å². The normalized spacial score (nSPS) is 10.1. The number of benzene rings is 2. The average Bonchev–Trinajstić information content (AvgIpc) is 2.60. The molecule has 5 nitrogen and oxygen atoms in total. The first-order chi connectivity index (χ1) is 11.6. The van der Waals surface area contributed by atoms with Gasteiger partial charge in [-0.15, -0.1) is 0 Å². The van der Waals surface area contributed by atoms with Crippen molar-refractivity contribution in [3.8, 4) is 5.75 Å². The molecule has 0 bridgehead atoms. The second kappa shape index (κ2) is 9.08. The molecule has 0 radical (unpaired) electrons. The zero-order chi connectivity index (χ0) is 17.4. The quantitative estimate of drug-likeness (QED) is 0.762. The smallest absolute Gasteiger partial charge is 0.258 e. The summed E-state index contributed by atoms with van der Waals surface area (Å²) in [6, 6.07) is 14.8. The first-order valence-electron chi connectivity index (χ1n) is 7.61. The van der Waals surface area contributed by atoms with E-state index in [1.165, 1.54) is 0 Å². The predicted molar refractivity (Wildman–Crippen MR) is 97.1 cm³/mol. The van der Waals surface area contributed by atoms with Gasteiger partial charge in [-0.25, -0.2) is 0 Å². The maximum Gasteiger partial charge on any atom is 0.258 e. The molecule has 0 heterocycles. The van der Waals surface area contributed by atoms with Gasteiger partial charge in [-0.05, 0) is 52.2 Å². The minimum absolute atomic E-state index is 0.113. The zero-order valence-corrected chi connectivity index (χ0v) is 14.9. The van der Waals surface area contributed by atoms with Crippen molar-refractivity contribution in [2.45, 2.75) is 13.3 Å². The number of carbonyl (C=O) groups is 2. The van der Waals surface area contributed by atoms with Gasteiger partial charge in [0.05, 0.1) is 12.2 Å². The van der Waals surface area contributed by atoms with Crippen LogP contribution in [0.3, 0.4) is 0 Å². The second-order valence-electron chi connectivity index (χ2n) is 5.09. The molecule has 0 aliphatic carbocycles. The summed E-state index contributed by atoms with van der Waals surface area (Å²) in [5.74, 6) is -0.00965. The summed E-state index contributed by atoms with van der Waals surface area (Å²) in [4.78, 5) is 23.6. The SMILES string of the molecule is CCc1cccc(OCC(=O)NCC(=O)Nc2ccccc2Br)c1. The van der Waals surface area contributed by atoms with Crippen LogP contribution < -0.4 is 15.4 Å². The van der Waals surface area contributed by atoms with Crippen LogP contribution in [0.4, 0.5) is 5.69 Å². The largest absolute Gasteiger partial charge is 0.484 e. The van der Waals surface area contributed by atoms with E-state index in [4.69, 9.17) is 4.74 Å². The molecule has 0 saturated heterocycles. The lowest BCUT2D eigenvalue weighted by Crippen LogP contribution is -2.35. The van der Waals surface area contributed by atoms with Crippen molar-refractivity contribution in [3.05, 3.63) is 58.6 Å².